The third-order valence-electron chi connectivity index (χ3n) is 6.44. The van der Waals surface area contributed by atoms with Crippen molar-refractivity contribution in [2.24, 2.45) is 5.41 Å². The lowest BCUT2D eigenvalue weighted by atomic mass is 9.68. The molecule has 1 aromatic carbocycles. The van der Waals surface area contributed by atoms with Crippen molar-refractivity contribution in [1.29, 1.82) is 10.5 Å². The number of hydrogen-bond acceptors (Lipinski definition) is 6. The molecule has 1 heterocycles. The summed E-state index contributed by atoms with van der Waals surface area (Å²) in [5, 5.41) is 18.7. The molecule has 4 rings (SSSR count). The van der Waals surface area contributed by atoms with E-state index in [1.807, 2.05) is 26.0 Å². The van der Waals surface area contributed by atoms with Gasteiger partial charge in [0.05, 0.1) is 17.0 Å². The lowest BCUT2D eigenvalue weighted by molar-refractivity contribution is -0.130. The van der Waals surface area contributed by atoms with E-state index < -0.39 is 22.6 Å². The Bertz CT molecular complexity index is 1180. The standard InChI is InChI=1S/C21H17BrN6O2/c1-20(2)12-7-8-21(20,17-16(12)25-14(9-23)15(10-24)26-17)19(30)28-27-18(29)11-5-3-4-6-13(11)22/h3-6,12H,7-8H2,1-2H3,(H,27,29)(H,28,30). The van der Waals surface area contributed by atoms with E-state index in [-0.39, 0.29) is 17.3 Å². The van der Waals surface area contributed by atoms with Crippen molar-refractivity contribution in [3.8, 4) is 12.1 Å². The Labute approximate surface area is 181 Å². The van der Waals surface area contributed by atoms with Crippen molar-refractivity contribution >= 4 is 27.7 Å². The van der Waals surface area contributed by atoms with Crippen molar-refractivity contribution in [2.75, 3.05) is 0 Å². The van der Waals surface area contributed by atoms with Gasteiger partial charge in [0.2, 0.25) is 0 Å². The van der Waals surface area contributed by atoms with Crippen LogP contribution in [0.3, 0.4) is 0 Å². The van der Waals surface area contributed by atoms with Crippen molar-refractivity contribution in [3.63, 3.8) is 0 Å². The van der Waals surface area contributed by atoms with Crippen LogP contribution in [0.1, 0.15) is 65.7 Å². The van der Waals surface area contributed by atoms with E-state index in [1.54, 1.807) is 24.3 Å². The molecule has 1 aromatic heterocycles. The quantitative estimate of drug-likeness (QED) is 0.656. The summed E-state index contributed by atoms with van der Waals surface area (Å²) in [7, 11) is 0. The highest BCUT2D eigenvalue weighted by molar-refractivity contribution is 9.10. The molecule has 150 valence electrons. The summed E-state index contributed by atoms with van der Waals surface area (Å²) < 4.78 is 0.607. The maximum atomic E-state index is 13.4. The van der Waals surface area contributed by atoms with Crippen LogP contribution in [-0.4, -0.2) is 21.8 Å². The second-order valence-corrected chi connectivity index (χ2v) is 8.84. The number of nitrogens with zero attached hydrogens (tertiary/aromatic N) is 4. The summed E-state index contributed by atoms with van der Waals surface area (Å²) in [5.74, 6) is -0.928. The first-order chi connectivity index (χ1) is 14.3. The minimum absolute atomic E-state index is 0.0302. The van der Waals surface area contributed by atoms with E-state index in [2.05, 4.69) is 36.7 Å². The number of rotatable bonds is 2. The van der Waals surface area contributed by atoms with Gasteiger partial charge in [-0.1, -0.05) is 26.0 Å². The molecule has 0 aliphatic heterocycles. The Morgan fingerprint density at radius 2 is 1.80 bits per heavy atom. The topological polar surface area (TPSA) is 132 Å². The Morgan fingerprint density at radius 3 is 2.47 bits per heavy atom. The molecule has 2 aliphatic rings. The molecule has 2 aromatic rings. The third-order valence-corrected chi connectivity index (χ3v) is 7.14. The van der Waals surface area contributed by atoms with Crippen LogP contribution in [0, 0.1) is 28.1 Å². The molecule has 0 saturated heterocycles. The van der Waals surface area contributed by atoms with Crippen LogP contribution in [0.4, 0.5) is 0 Å². The van der Waals surface area contributed by atoms with Crippen LogP contribution in [0.5, 0.6) is 0 Å². The Balaban J connectivity index is 1.69. The number of hydrogen-bond donors (Lipinski definition) is 2. The molecule has 0 radical (unpaired) electrons. The van der Waals surface area contributed by atoms with Crippen molar-refractivity contribution in [2.45, 2.75) is 38.0 Å². The maximum Gasteiger partial charge on any atom is 0.270 e. The van der Waals surface area contributed by atoms with Crippen molar-refractivity contribution in [1.82, 2.24) is 20.8 Å². The van der Waals surface area contributed by atoms with Crippen molar-refractivity contribution < 1.29 is 9.59 Å². The third kappa shape index (κ3) is 2.55. The molecular formula is C21H17BrN6O2. The molecule has 2 N–H and O–H groups in total. The number of benzene rings is 1. The minimum Gasteiger partial charge on any atom is -0.272 e. The smallest absolute Gasteiger partial charge is 0.270 e. The largest absolute Gasteiger partial charge is 0.272 e. The Morgan fingerprint density at radius 1 is 1.13 bits per heavy atom. The number of halogens is 1. The molecule has 2 unspecified atom stereocenters. The zero-order valence-electron chi connectivity index (χ0n) is 16.3. The summed E-state index contributed by atoms with van der Waals surface area (Å²) in [6.45, 7) is 3.92. The summed E-state index contributed by atoms with van der Waals surface area (Å²) in [5.41, 5.74) is 4.71. The van der Waals surface area contributed by atoms with Crippen LogP contribution < -0.4 is 10.9 Å². The van der Waals surface area contributed by atoms with E-state index in [0.717, 1.165) is 0 Å². The summed E-state index contributed by atoms with van der Waals surface area (Å²) in [4.78, 5) is 34.7. The first kappa shape index (κ1) is 20.0. The molecule has 30 heavy (non-hydrogen) atoms. The number of nitrogens with one attached hydrogen (secondary N) is 2. The van der Waals surface area contributed by atoms with Gasteiger partial charge in [0.1, 0.15) is 17.6 Å². The van der Waals surface area contributed by atoms with Crippen LogP contribution in [0.15, 0.2) is 28.7 Å². The zero-order valence-corrected chi connectivity index (χ0v) is 17.9. The molecule has 0 spiro atoms. The molecule has 9 heteroatoms. The molecule has 2 amide bonds. The average molecular weight is 465 g/mol. The monoisotopic (exact) mass is 464 g/mol. The molecular weight excluding hydrogens is 448 g/mol. The van der Waals surface area contributed by atoms with Gasteiger partial charge < -0.3 is 0 Å². The van der Waals surface area contributed by atoms with Gasteiger partial charge in [-0.2, -0.15) is 10.5 Å². The lowest BCUT2D eigenvalue weighted by Gasteiger charge is -2.36. The second-order valence-electron chi connectivity index (χ2n) is 7.98. The summed E-state index contributed by atoms with van der Waals surface area (Å²) >= 11 is 3.32. The van der Waals surface area contributed by atoms with Gasteiger partial charge in [-0.05, 0) is 46.3 Å². The fourth-order valence-corrected chi connectivity index (χ4v) is 5.32. The highest BCUT2D eigenvalue weighted by atomic mass is 79.9. The van der Waals surface area contributed by atoms with E-state index >= 15 is 0 Å². The first-order valence-electron chi connectivity index (χ1n) is 9.36. The SMILES string of the molecule is CC1(C)C2CCC1(C(=O)NNC(=O)c1ccccc1Br)c1nc(C#N)c(C#N)nc12. The van der Waals surface area contributed by atoms with Crippen LogP contribution in [0.2, 0.25) is 0 Å². The molecule has 2 atom stereocenters. The lowest BCUT2D eigenvalue weighted by Crippen LogP contribution is -2.55. The summed E-state index contributed by atoms with van der Waals surface area (Å²) in [6.07, 6.45) is 1.22. The molecule has 2 aliphatic carbocycles. The van der Waals surface area contributed by atoms with Gasteiger partial charge >= 0.3 is 0 Å². The fraction of sp³-hybridized carbons (Fsp3) is 0.333. The van der Waals surface area contributed by atoms with E-state index in [4.69, 9.17) is 0 Å². The molecule has 2 bridgehead atoms. The molecule has 1 fully saturated rings. The van der Waals surface area contributed by atoms with Gasteiger partial charge in [0.15, 0.2) is 11.4 Å². The molecule has 1 saturated carbocycles. The van der Waals surface area contributed by atoms with Gasteiger partial charge in [0, 0.05) is 10.4 Å². The highest BCUT2D eigenvalue weighted by Crippen LogP contribution is 2.67. The maximum absolute atomic E-state index is 13.4. The predicted octanol–water partition coefficient (Wildman–Crippen LogP) is 2.60. The Kier molecular flexibility index (Phi) is 4.59. The first-order valence-corrected chi connectivity index (χ1v) is 10.1. The number of aromatic nitrogens is 2. The number of hydrazine groups is 1. The number of fused-ring (bicyclic) bond motifs is 5. The number of amides is 2. The fourth-order valence-electron chi connectivity index (χ4n) is 4.85. The average Bonchev–Trinajstić information content (AvgIpc) is 3.12. The van der Waals surface area contributed by atoms with Gasteiger partial charge in [-0.3, -0.25) is 20.4 Å². The summed E-state index contributed by atoms with van der Waals surface area (Å²) in [6, 6.07) is 10.7. The van der Waals surface area contributed by atoms with Crippen LogP contribution >= 0.6 is 15.9 Å². The number of carbonyl (C=O) groups is 2. The Hall–Kier alpha value is -3.30. The number of carbonyl (C=O) groups excluding carboxylic acids is 2. The van der Waals surface area contributed by atoms with Crippen molar-refractivity contribution in [3.05, 3.63) is 57.1 Å². The normalized spacial score (nSPS) is 22.5. The van der Waals surface area contributed by atoms with E-state index in [1.165, 1.54) is 0 Å². The zero-order chi connectivity index (χ0) is 21.7. The van der Waals surface area contributed by atoms with Gasteiger partial charge in [-0.15, -0.1) is 0 Å². The van der Waals surface area contributed by atoms with Gasteiger partial charge in [0.25, 0.3) is 11.8 Å². The van der Waals surface area contributed by atoms with E-state index in [0.29, 0.717) is 34.3 Å². The van der Waals surface area contributed by atoms with Crippen LogP contribution in [0.25, 0.3) is 0 Å². The van der Waals surface area contributed by atoms with Gasteiger partial charge in [-0.25, -0.2) is 9.97 Å². The predicted molar refractivity (Wildman–Crippen MR) is 109 cm³/mol. The van der Waals surface area contributed by atoms with E-state index in [9.17, 15) is 20.1 Å². The minimum atomic E-state index is -1.05. The van der Waals surface area contributed by atoms with Crippen LogP contribution in [-0.2, 0) is 10.2 Å². The second kappa shape index (κ2) is 6.89. The number of nitriles is 2. The highest BCUT2D eigenvalue weighted by Gasteiger charge is 2.68. The molecule has 8 nitrogen and oxygen atoms in total.